The molecule has 0 unspecified atom stereocenters. The number of anilines is 3. The van der Waals surface area contributed by atoms with Gasteiger partial charge in [0.15, 0.2) is 0 Å². The number of aryl methyl sites for hydroxylation is 1. The van der Waals surface area contributed by atoms with Gasteiger partial charge in [-0.15, -0.1) is 0 Å². The van der Waals surface area contributed by atoms with Gasteiger partial charge in [0, 0.05) is 40.5 Å². The number of para-hydroxylation sites is 1. The van der Waals surface area contributed by atoms with E-state index >= 15 is 0 Å². The molecule has 6 nitrogen and oxygen atoms in total. The zero-order chi connectivity index (χ0) is 22.5. The molecule has 1 amide bonds. The molecule has 0 atom stereocenters. The molecule has 0 radical (unpaired) electrons. The molecule has 3 aromatic carbocycles. The summed E-state index contributed by atoms with van der Waals surface area (Å²) < 4.78 is 10.6. The molecule has 0 saturated carbocycles. The van der Waals surface area contributed by atoms with Crippen LogP contribution in [0.2, 0.25) is 0 Å². The molecule has 0 fully saturated rings. The Morgan fingerprint density at radius 3 is 2.34 bits per heavy atom. The Morgan fingerprint density at radius 1 is 0.938 bits per heavy atom. The largest absolute Gasteiger partial charge is 0.497 e. The van der Waals surface area contributed by atoms with E-state index in [9.17, 15) is 9.59 Å². The van der Waals surface area contributed by atoms with E-state index in [1.165, 1.54) is 0 Å². The van der Waals surface area contributed by atoms with Gasteiger partial charge < -0.3 is 19.8 Å². The second kappa shape index (κ2) is 9.39. The third kappa shape index (κ3) is 4.81. The average Bonchev–Trinajstić information content (AvgIpc) is 2.80. The van der Waals surface area contributed by atoms with Crippen LogP contribution in [0.4, 0.5) is 17.1 Å². The summed E-state index contributed by atoms with van der Waals surface area (Å²) in [6, 6.07) is 22.7. The van der Waals surface area contributed by atoms with Gasteiger partial charge >= 0.3 is 5.63 Å². The van der Waals surface area contributed by atoms with Crippen molar-refractivity contribution in [1.82, 2.24) is 0 Å². The molecular formula is C26H24N2O4. The second-order valence-corrected chi connectivity index (χ2v) is 7.47. The zero-order valence-electron chi connectivity index (χ0n) is 18.0. The lowest BCUT2D eigenvalue weighted by Crippen LogP contribution is -2.16. The number of benzene rings is 3. The third-order valence-electron chi connectivity index (χ3n) is 5.33. The lowest BCUT2D eigenvalue weighted by atomic mass is 10.0. The molecule has 6 heteroatoms. The minimum Gasteiger partial charge on any atom is -0.497 e. The Balaban J connectivity index is 1.39. The van der Waals surface area contributed by atoms with E-state index in [0.717, 1.165) is 22.3 Å². The van der Waals surface area contributed by atoms with Crippen molar-refractivity contribution in [3.8, 4) is 5.75 Å². The summed E-state index contributed by atoms with van der Waals surface area (Å²) >= 11 is 0. The van der Waals surface area contributed by atoms with Gasteiger partial charge in [-0.2, -0.15) is 0 Å². The number of amides is 1. The number of ether oxygens (including phenoxy) is 1. The maximum Gasteiger partial charge on any atom is 0.339 e. The summed E-state index contributed by atoms with van der Waals surface area (Å²) in [5, 5.41) is 7.01. The van der Waals surface area contributed by atoms with E-state index < -0.39 is 5.63 Å². The maximum absolute atomic E-state index is 12.5. The standard InChI is InChI=1S/C26H24N2O4/c1-17-22-13-12-21(31-2)16-24(22)32-26(30)23(17)14-15-25(29)28-20-10-8-19(9-11-20)27-18-6-4-3-5-7-18/h3-13,16,27H,14-15H2,1-2H3,(H,28,29). The van der Waals surface area contributed by atoms with Crippen molar-refractivity contribution in [2.24, 2.45) is 0 Å². The first-order valence-electron chi connectivity index (χ1n) is 10.4. The molecule has 1 heterocycles. The van der Waals surface area contributed by atoms with Crippen molar-refractivity contribution in [2.75, 3.05) is 17.7 Å². The molecular weight excluding hydrogens is 404 g/mol. The fourth-order valence-electron chi connectivity index (χ4n) is 3.58. The van der Waals surface area contributed by atoms with Crippen LogP contribution in [-0.4, -0.2) is 13.0 Å². The van der Waals surface area contributed by atoms with Crippen LogP contribution in [0.15, 0.2) is 82.0 Å². The number of carbonyl (C=O) groups excluding carboxylic acids is 1. The van der Waals surface area contributed by atoms with E-state index in [2.05, 4.69) is 10.6 Å². The highest BCUT2D eigenvalue weighted by Crippen LogP contribution is 2.24. The molecule has 0 aliphatic heterocycles. The van der Waals surface area contributed by atoms with Gasteiger partial charge in [0.1, 0.15) is 11.3 Å². The van der Waals surface area contributed by atoms with Crippen LogP contribution in [0.5, 0.6) is 5.75 Å². The van der Waals surface area contributed by atoms with Gasteiger partial charge in [-0.1, -0.05) is 18.2 Å². The number of hydrogen-bond acceptors (Lipinski definition) is 5. The second-order valence-electron chi connectivity index (χ2n) is 7.47. The van der Waals surface area contributed by atoms with Crippen molar-refractivity contribution < 1.29 is 13.9 Å². The maximum atomic E-state index is 12.5. The number of rotatable bonds is 7. The number of carbonyl (C=O) groups is 1. The summed E-state index contributed by atoms with van der Waals surface area (Å²) in [6.45, 7) is 1.87. The Bertz CT molecular complexity index is 1300. The van der Waals surface area contributed by atoms with Gasteiger partial charge in [0.2, 0.25) is 5.91 Å². The molecule has 2 N–H and O–H groups in total. The number of methoxy groups -OCH3 is 1. The quantitative estimate of drug-likeness (QED) is 0.384. The lowest BCUT2D eigenvalue weighted by Gasteiger charge is -2.10. The number of fused-ring (bicyclic) bond motifs is 1. The van der Waals surface area contributed by atoms with Crippen molar-refractivity contribution in [1.29, 1.82) is 0 Å². The molecule has 162 valence electrons. The van der Waals surface area contributed by atoms with Crippen LogP contribution in [-0.2, 0) is 11.2 Å². The third-order valence-corrected chi connectivity index (χ3v) is 5.33. The highest BCUT2D eigenvalue weighted by molar-refractivity contribution is 5.91. The normalized spacial score (nSPS) is 10.7. The van der Waals surface area contributed by atoms with Gasteiger partial charge in [-0.25, -0.2) is 4.79 Å². The fraction of sp³-hybridized carbons (Fsp3) is 0.154. The Morgan fingerprint density at radius 2 is 1.62 bits per heavy atom. The monoisotopic (exact) mass is 428 g/mol. The van der Waals surface area contributed by atoms with Crippen molar-refractivity contribution in [2.45, 2.75) is 19.8 Å². The van der Waals surface area contributed by atoms with E-state index in [4.69, 9.17) is 9.15 Å². The zero-order valence-corrected chi connectivity index (χ0v) is 18.0. The van der Waals surface area contributed by atoms with Crippen LogP contribution in [0.1, 0.15) is 17.5 Å². The summed E-state index contributed by atoms with van der Waals surface area (Å²) in [6.07, 6.45) is 0.479. The minimum atomic E-state index is -0.424. The van der Waals surface area contributed by atoms with Crippen LogP contribution in [0.25, 0.3) is 11.0 Å². The Labute approximate surface area is 185 Å². The fourth-order valence-corrected chi connectivity index (χ4v) is 3.58. The van der Waals surface area contributed by atoms with Crippen LogP contribution >= 0.6 is 0 Å². The predicted octanol–water partition coefficient (Wildman–Crippen LogP) is 5.42. The molecule has 0 spiro atoms. The van der Waals surface area contributed by atoms with E-state index in [-0.39, 0.29) is 12.3 Å². The number of hydrogen-bond donors (Lipinski definition) is 2. The van der Waals surface area contributed by atoms with Crippen molar-refractivity contribution in [3.63, 3.8) is 0 Å². The predicted molar refractivity (Wildman–Crippen MR) is 127 cm³/mol. The molecule has 0 bridgehead atoms. The topological polar surface area (TPSA) is 80.6 Å². The first kappa shape index (κ1) is 21.2. The first-order chi connectivity index (χ1) is 15.5. The van der Waals surface area contributed by atoms with Crippen LogP contribution < -0.4 is 21.0 Å². The highest BCUT2D eigenvalue weighted by atomic mass is 16.5. The minimum absolute atomic E-state index is 0.164. The molecule has 4 rings (SSSR count). The lowest BCUT2D eigenvalue weighted by molar-refractivity contribution is -0.116. The SMILES string of the molecule is COc1ccc2c(C)c(CCC(=O)Nc3ccc(Nc4ccccc4)cc3)c(=O)oc2c1. The summed E-state index contributed by atoms with van der Waals surface area (Å²) in [4.78, 5) is 24.9. The average molecular weight is 428 g/mol. The molecule has 0 saturated heterocycles. The first-order valence-corrected chi connectivity index (χ1v) is 10.4. The van der Waals surface area contributed by atoms with Crippen molar-refractivity contribution >= 4 is 33.9 Å². The molecule has 1 aromatic heterocycles. The van der Waals surface area contributed by atoms with Gasteiger partial charge in [-0.3, -0.25) is 4.79 Å². The van der Waals surface area contributed by atoms with Crippen LogP contribution in [0, 0.1) is 6.92 Å². The van der Waals surface area contributed by atoms with Crippen LogP contribution in [0.3, 0.4) is 0 Å². The summed E-state index contributed by atoms with van der Waals surface area (Å²) in [5.74, 6) is 0.458. The summed E-state index contributed by atoms with van der Waals surface area (Å²) in [7, 11) is 1.56. The van der Waals surface area contributed by atoms with Gasteiger partial charge in [0.05, 0.1) is 7.11 Å². The molecule has 32 heavy (non-hydrogen) atoms. The van der Waals surface area contributed by atoms with Crippen molar-refractivity contribution in [3.05, 3.63) is 94.3 Å². The van der Waals surface area contributed by atoms with Gasteiger partial charge in [0.25, 0.3) is 0 Å². The molecule has 4 aromatic rings. The Kier molecular flexibility index (Phi) is 6.22. The molecule has 0 aliphatic carbocycles. The van der Waals surface area contributed by atoms with Gasteiger partial charge in [-0.05, 0) is 67.4 Å². The van der Waals surface area contributed by atoms with E-state index in [0.29, 0.717) is 29.0 Å². The van der Waals surface area contributed by atoms with E-state index in [1.54, 1.807) is 13.2 Å². The molecule has 0 aliphatic rings. The van der Waals surface area contributed by atoms with E-state index in [1.807, 2.05) is 73.7 Å². The number of nitrogens with one attached hydrogen (secondary N) is 2. The Hall–Kier alpha value is -4.06. The highest BCUT2D eigenvalue weighted by Gasteiger charge is 2.14. The summed E-state index contributed by atoms with van der Waals surface area (Å²) in [5.41, 5.74) is 4.01. The smallest absolute Gasteiger partial charge is 0.339 e.